The van der Waals surface area contributed by atoms with E-state index < -0.39 is 42.7 Å². The predicted molar refractivity (Wildman–Crippen MR) is 277 cm³/mol. The maximum absolute atomic E-state index is 15.3. The minimum absolute atomic E-state index is 0.0692. The van der Waals surface area contributed by atoms with Gasteiger partial charge in [0.05, 0.1) is 72.7 Å². The lowest BCUT2D eigenvalue weighted by molar-refractivity contribution is -0.137. The number of benzene rings is 3. The van der Waals surface area contributed by atoms with E-state index in [-0.39, 0.29) is 42.7 Å². The lowest BCUT2D eigenvalue weighted by Crippen LogP contribution is -2.53. The zero-order valence-corrected chi connectivity index (χ0v) is 42.4. The smallest absolute Gasteiger partial charge is 0.407 e. The molecule has 1 unspecified atom stereocenters. The van der Waals surface area contributed by atoms with Crippen LogP contribution >= 0.6 is 11.3 Å². The van der Waals surface area contributed by atoms with E-state index in [9.17, 15) is 19.2 Å². The van der Waals surface area contributed by atoms with Crippen molar-refractivity contribution < 1.29 is 47.3 Å². The van der Waals surface area contributed by atoms with Gasteiger partial charge in [-0.05, 0) is 98.2 Å². The number of alkyl carbamates (subject to hydrolysis) is 2. The Morgan fingerprint density at radius 2 is 1.36 bits per heavy atom. The molecule has 4 amide bonds. The molecule has 9 heterocycles. The van der Waals surface area contributed by atoms with Crippen molar-refractivity contribution in [2.24, 2.45) is 11.8 Å². The molecule has 7 aromatic rings. The first-order chi connectivity index (χ1) is 36.6. The summed E-state index contributed by atoms with van der Waals surface area (Å²) in [6.07, 6.45) is 4.48. The molecule has 4 aromatic heterocycles. The fraction of sp³-hybridized carbons (Fsp3) is 0.418. The van der Waals surface area contributed by atoms with E-state index in [0.29, 0.717) is 81.7 Å². The van der Waals surface area contributed by atoms with Crippen molar-refractivity contribution in [1.82, 2.24) is 44.9 Å². The zero-order chi connectivity index (χ0) is 51.3. The van der Waals surface area contributed by atoms with E-state index in [4.69, 9.17) is 33.7 Å². The van der Waals surface area contributed by atoms with Gasteiger partial charge in [0.1, 0.15) is 35.7 Å². The Labute approximate surface area is 435 Å². The van der Waals surface area contributed by atoms with E-state index >= 15 is 4.39 Å². The number of halogens is 1. The molecule has 0 bridgehead atoms. The first kappa shape index (κ1) is 48.6. The summed E-state index contributed by atoms with van der Waals surface area (Å²) in [5.41, 5.74) is 6.06. The Balaban J connectivity index is 0.843. The van der Waals surface area contributed by atoms with Gasteiger partial charge in [-0.2, -0.15) is 0 Å². The van der Waals surface area contributed by atoms with Crippen molar-refractivity contribution >= 4 is 56.3 Å². The summed E-state index contributed by atoms with van der Waals surface area (Å²) >= 11 is 1.69. The van der Waals surface area contributed by atoms with Gasteiger partial charge < -0.3 is 54.1 Å². The highest BCUT2D eigenvalue weighted by Gasteiger charge is 2.44. The molecule has 390 valence electrons. The fourth-order valence-corrected chi connectivity index (χ4v) is 12.9. The Kier molecular flexibility index (Phi) is 13.3. The van der Waals surface area contributed by atoms with E-state index in [0.717, 1.165) is 66.8 Å². The second-order valence-corrected chi connectivity index (χ2v) is 21.2. The average Bonchev–Trinajstić information content (AvgIpc) is 4.33. The summed E-state index contributed by atoms with van der Waals surface area (Å²) in [5, 5.41) is 7.66. The number of aromatic nitrogens is 5. The standard InChI is InChI=1S/C55H58FN9O9S/c1-70-54(68)61-47(30-13-18-72-19-14-30)51(66)63-17-5-7-41(63)49-57-28-39(59-49)33-9-11-37-42-23-35-22-32(10-12-40(35)65(42)53(74-44(37)24-33)46-25-34-6-3-4-8-45(34)75-46)38-27-58-50(60-38)43-26-36(56)29-64(43)52(67)48(62-55(69)71-2)31-15-20-73-21-16-31/h3-4,6,8-12,22-25,27-28,30-31,36,41,43,47-48,53H,5,7,13-21,26,29H2,1-2H3,(H,57,59)(H,58,60)(H,61,68)(H,62,69)/t36-,41+,43+,47+,48+,53?/m1/s1. The third kappa shape index (κ3) is 9.26. The minimum Gasteiger partial charge on any atom is -0.464 e. The molecule has 6 atom stereocenters. The topological polar surface area (TPSA) is 207 Å². The van der Waals surface area contributed by atoms with E-state index in [1.807, 2.05) is 35.2 Å². The molecule has 12 rings (SSSR count). The van der Waals surface area contributed by atoms with Crippen LogP contribution in [0.5, 0.6) is 5.75 Å². The third-order valence-electron chi connectivity index (χ3n) is 15.7. The van der Waals surface area contributed by atoms with Crippen LogP contribution in [0, 0.1) is 11.8 Å². The Bertz CT molecular complexity index is 3250. The maximum atomic E-state index is 15.3. The molecule has 0 spiro atoms. The largest absolute Gasteiger partial charge is 0.464 e. The number of aromatic amines is 2. The van der Waals surface area contributed by atoms with Crippen LogP contribution < -0.4 is 15.4 Å². The Morgan fingerprint density at radius 3 is 2.03 bits per heavy atom. The van der Waals surface area contributed by atoms with E-state index in [1.165, 1.54) is 19.1 Å². The van der Waals surface area contributed by atoms with Crippen LogP contribution in [0.1, 0.15) is 79.8 Å². The number of rotatable bonds is 11. The van der Waals surface area contributed by atoms with Crippen LogP contribution in [0.2, 0.25) is 0 Å². The molecule has 5 aliphatic rings. The highest BCUT2D eigenvalue weighted by Crippen LogP contribution is 2.48. The highest BCUT2D eigenvalue weighted by atomic mass is 32.1. The van der Waals surface area contributed by atoms with Crippen LogP contribution in [0.25, 0.3) is 54.8 Å². The number of ether oxygens (including phenoxy) is 5. The number of nitrogens with zero attached hydrogens (tertiary/aromatic N) is 5. The first-order valence-corrected chi connectivity index (χ1v) is 26.6. The number of likely N-dealkylation sites (tertiary alicyclic amines) is 2. The highest BCUT2D eigenvalue weighted by molar-refractivity contribution is 7.19. The van der Waals surface area contributed by atoms with Crippen molar-refractivity contribution in [1.29, 1.82) is 0 Å². The molecule has 4 fully saturated rings. The summed E-state index contributed by atoms with van der Waals surface area (Å²) in [6.45, 7) is 2.43. The lowest BCUT2D eigenvalue weighted by Gasteiger charge is -2.34. The van der Waals surface area contributed by atoms with Gasteiger partial charge in [-0.15, -0.1) is 11.3 Å². The van der Waals surface area contributed by atoms with E-state index in [1.54, 1.807) is 23.7 Å². The van der Waals surface area contributed by atoms with Gasteiger partial charge in [-0.3, -0.25) is 14.2 Å². The number of thiophene rings is 1. The number of alkyl halides is 1. The molecular formula is C55H58FN9O9S. The summed E-state index contributed by atoms with van der Waals surface area (Å²) in [4.78, 5) is 74.4. The Morgan fingerprint density at radius 1 is 0.733 bits per heavy atom. The average molecular weight is 1040 g/mol. The number of hydrogen-bond acceptors (Lipinski definition) is 12. The zero-order valence-electron chi connectivity index (χ0n) is 41.6. The minimum atomic E-state index is -1.27. The van der Waals surface area contributed by atoms with Crippen molar-refractivity contribution in [3.8, 4) is 39.5 Å². The number of nitrogens with one attached hydrogen (secondary N) is 4. The number of fused-ring (bicyclic) bond motifs is 6. The number of H-pyrrole nitrogens is 2. The molecule has 4 saturated heterocycles. The molecule has 20 heteroatoms. The Hall–Kier alpha value is -7.29. The monoisotopic (exact) mass is 1040 g/mol. The van der Waals surface area contributed by atoms with Gasteiger partial charge in [0.15, 0.2) is 0 Å². The summed E-state index contributed by atoms with van der Waals surface area (Å²) in [6, 6.07) is 22.5. The fourth-order valence-electron chi connectivity index (χ4n) is 11.8. The molecular weight excluding hydrogens is 982 g/mol. The van der Waals surface area contributed by atoms with Crippen LogP contribution in [-0.4, -0.2) is 130 Å². The van der Waals surface area contributed by atoms with Crippen LogP contribution in [0.3, 0.4) is 0 Å². The molecule has 5 aliphatic heterocycles. The van der Waals surface area contributed by atoms with Gasteiger partial charge >= 0.3 is 12.2 Å². The molecule has 3 aromatic carbocycles. The first-order valence-electron chi connectivity index (χ1n) is 25.8. The normalized spacial score (nSPS) is 21.9. The van der Waals surface area contributed by atoms with Crippen molar-refractivity contribution in [2.45, 2.75) is 81.5 Å². The summed E-state index contributed by atoms with van der Waals surface area (Å²) in [5.74, 6) is 1.07. The second kappa shape index (κ2) is 20.4. The van der Waals surface area contributed by atoms with Gasteiger partial charge in [-0.25, -0.2) is 23.9 Å². The van der Waals surface area contributed by atoms with Crippen molar-refractivity contribution in [3.05, 3.63) is 102 Å². The van der Waals surface area contributed by atoms with Gasteiger partial charge in [-0.1, -0.05) is 30.3 Å². The number of carbonyl (C=O) groups is 4. The van der Waals surface area contributed by atoms with Gasteiger partial charge in [0, 0.05) is 66.2 Å². The maximum Gasteiger partial charge on any atom is 0.407 e. The molecule has 75 heavy (non-hydrogen) atoms. The number of methoxy groups -OCH3 is 2. The van der Waals surface area contributed by atoms with E-state index in [2.05, 4.69) is 67.6 Å². The summed E-state index contributed by atoms with van der Waals surface area (Å²) in [7, 11) is 2.56. The molecule has 18 nitrogen and oxygen atoms in total. The van der Waals surface area contributed by atoms with Crippen LogP contribution in [-0.2, 0) is 28.5 Å². The molecule has 0 aliphatic carbocycles. The number of imidazole rings is 2. The van der Waals surface area contributed by atoms with Crippen LogP contribution in [0.4, 0.5) is 14.0 Å². The molecule has 0 saturated carbocycles. The SMILES string of the molecule is COC(=O)N[C@H](C(=O)N1CCC[C@H]1c1ncc(-c2ccc3c(c2)OC(c2cc4ccccc4s2)n2c-3cc3cc(-c4cnc([C@@H]5C[C@@H](F)CN5C(=O)[C@@H](NC(=O)OC)C5CCOCC5)[nH]4)ccc32)[nH]1)C1CCOCC1. The molecule has 4 N–H and O–H groups in total. The number of carbonyl (C=O) groups excluding carboxylic acids is 4. The lowest BCUT2D eigenvalue weighted by atomic mass is 9.90. The predicted octanol–water partition coefficient (Wildman–Crippen LogP) is 8.82. The quantitative estimate of drug-likeness (QED) is 0.0963. The van der Waals surface area contributed by atoms with Crippen molar-refractivity contribution in [2.75, 3.05) is 53.7 Å². The summed E-state index contributed by atoms with van der Waals surface area (Å²) < 4.78 is 46.7. The number of amides is 4. The molecule has 0 radical (unpaired) electrons. The second-order valence-electron chi connectivity index (χ2n) is 20.1. The van der Waals surface area contributed by atoms with Crippen molar-refractivity contribution in [3.63, 3.8) is 0 Å². The third-order valence-corrected chi connectivity index (χ3v) is 16.8. The number of hydrogen-bond donors (Lipinski definition) is 4. The van der Waals surface area contributed by atoms with Gasteiger partial charge in [0.2, 0.25) is 18.0 Å². The van der Waals surface area contributed by atoms with Crippen LogP contribution in [0.15, 0.2) is 85.2 Å². The van der Waals surface area contributed by atoms with Gasteiger partial charge in [0.25, 0.3) is 0 Å².